The lowest BCUT2D eigenvalue weighted by molar-refractivity contribution is 0.0689. The first-order valence-corrected chi connectivity index (χ1v) is 5.16. The molecule has 84 valence electrons. The SMILES string of the molecule is CCCn1nc(C(=O)O)cc1-c1cc[nH]c1. The van der Waals surface area contributed by atoms with Gasteiger partial charge in [-0.15, -0.1) is 0 Å². The van der Waals surface area contributed by atoms with E-state index < -0.39 is 5.97 Å². The molecule has 0 amide bonds. The lowest BCUT2D eigenvalue weighted by Crippen LogP contribution is -2.03. The van der Waals surface area contributed by atoms with Crippen molar-refractivity contribution in [2.45, 2.75) is 19.9 Å². The Balaban J connectivity index is 2.46. The molecule has 2 aromatic rings. The van der Waals surface area contributed by atoms with Crippen molar-refractivity contribution < 1.29 is 9.90 Å². The highest BCUT2D eigenvalue weighted by Crippen LogP contribution is 2.20. The molecule has 0 aliphatic rings. The van der Waals surface area contributed by atoms with E-state index in [4.69, 9.17) is 5.11 Å². The third kappa shape index (κ3) is 1.84. The van der Waals surface area contributed by atoms with E-state index in [2.05, 4.69) is 10.1 Å². The molecule has 2 N–H and O–H groups in total. The zero-order chi connectivity index (χ0) is 11.5. The largest absolute Gasteiger partial charge is 0.476 e. The topological polar surface area (TPSA) is 70.9 Å². The van der Waals surface area contributed by atoms with Gasteiger partial charge in [0.2, 0.25) is 0 Å². The number of rotatable bonds is 4. The second kappa shape index (κ2) is 4.22. The number of carbonyl (C=O) groups is 1. The maximum atomic E-state index is 10.9. The fourth-order valence-electron chi connectivity index (χ4n) is 1.62. The molecule has 2 rings (SSSR count). The molecule has 2 aromatic heterocycles. The molecular weight excluding hydrogens is 206 g/mol. The summed E-state index contributed by atoms with van der Waals surface area (Å²) in [5, 5.41) is 13.0. The first-order valence-electron chi connectivity index (χ1n) is 5.16. The van der Waals surface area contributed by atoms with Crippen molar-refractivity contribution in [1.29, 1.82) is 0 Å². The van der Waals surface area contributed by atoms with Crippen LogP contribution in [0.2, 0.25) is 0 Å². The highest BCUT2D eigenvalue weighted by molar-refractivity contribution is 5.86. The van der Waals surface area contributed by atoms with Crippen molar-refractivity contribution in [3.63, 3.8) is 0 Å². The number of nitrogens with one attached hydrogen (secondary N) is 1. The number of hydrogen-bond donors (Lipinski definition) is 2. The van der Waals surface area contributed by atoms with Crippen LogP contribution in [0.15, 0.2) is 24.5 Å². The van der Waals surface area contributed by atoms with Crippen LogP contribution in [0.4, 0.5) is 0 Å². The van der Waals surface area contributed by atoms with E-state index in [1.54, 1.807) is 16.9 Å². The van der Waals surface area contributed by atoms with Crippen molar-refractivity contribution in [3.05, 3.63) is 30.2 Å². The van der Waals surface area contributed by atoms with Gasteiger partial charge in [0.15, 0.2) is 5.69 Å². The lowest BCUT2D eigenvalue weighted by atomic mass is 10.2. The minimum absolute atomic E-state index is 0.0876. The summed E-state index contributed by atoms with van der Waals surface area (Å²) in [7, 11) is 0. The van der Waals surface area contributed by atoms with Gasteiger partial charge in [-0.25, -0.2) is 4.79 Å². The van der Waals surface area contributed by atoms with E-state index in [9.17, 15) is 4.79 Å². The number of H-pyrrole nitrogens is 1. The maximum Gasteiger partial charge on any atom is 0.356 e. The summed E-state index contributed by atoms with van der Waals surface area (Å²) in [5.41, 5.74) is 1.87. The van der Waals surface area contributed by atoms with Crippen LogP contribution in [0, 0.1) is 0 Å². The molecule has 0 aromatic carbocycles. The van der Waals surface area contributed by atoms with Gasteiger partial charge < -0.3 is 10.1 Å². The molecule has 0 radical (unpaired) electrons. The molecule has 0 saturated carbocycles. The zero-order valence-corrected chi connectivity index (χ0v) is 8.97. The van der Waals surface area contributed by atoms with Crippen LogP contribution >= 0.6 is 0 Å². The van der Waals surface area contributed by atoms with Crippen LogP contribution in [0.25, 0.3) is 11.3 Å². The van der Waals surface area contributed by atoms with Gasteiger partial charge in [0.05, 0.1) is 5.69 Å². The fourth-order valence-corrected chi connectivity index (χ4v) is 1.62. The number of aryl methyl sites for hydroxylation is 1. The van der Waals surface area contributed by atoms with E-state index in [-0.39, 0.29) is 5.69 Å². The first-order chi connectivity index (χ1) is 7.72. The molecular formula is C11H13N3O2. The Bertz CT molecular complexity index is 485. The van der Waals surface area contributed by atoms with Crippen LogP contribution in [0.5, 0.6) is 0 Å². The number of carboxylic acids is 1. The number of hydrogen-bond acceptors (Lipinski definition) is 2. The molecule has 5 nitrogen and oxygen atoms in total. The number of aromatic nitrogens is 3. The van der Waals surface area contributed by atoms with Crippen molar-refractivity contribution in [2.24, 2.45) is 0 Å². The van der Waals surface area contributed by atoms with E-state index in [0.717, 1.165) is 17.7 Å². The number of aromatic amines is 1. The second-order valence-electron chi connectivity index (χ2n) is 3.54. The molecule has 0 spiro atoms. The van der Waals surface area contributed by atoms with Crippen LogP contribution in [-0.4, -0.2) is 25.8 Å². The van der Waals surface area contributed by atoms with E-state index >= 15 is 0 Å². The van der Waals surface area contributed by atoms with Crippen LogP contribution in [-0.2, 0) is 6.54 Å². The molecule has 0 atom stereocenters. The van der Waals surface area contributed by atoms with Gasteiger partial charge in [-0.2, -0.15) is 5.10 Å². The van der Waals surface area contributed by atoms with Gasteiger partial charge >= 0.3 is 5.97 Å². The van der Waals surface area contributed by atoms with Crippen molar-refractivity contribution >= 4 is 5.97 Å². The third-order valence-electron chi connectivity index (χ3n) is 2.33. The normalized spacial score (nSPS) is 10.6. The Morgan fingerprint density at radius 2 is 2.44 bits per heavy atom. The van der Waals surface area contributed by atoms with E-state index in [1.807, 2.05) is 19.2 Å². The fraction of sp³-hybridized carbons (Fsp3) is 0.273. The summed E-state index contributed by atoms with van der Waals surface area (Å²) in [5.74, 6) is -0.994. The predicted molar refractivity (Wildman–Crippen MR) is 59.3 cm³/mol. The summed E-state index contributed by atoms with van der Waals surface area (Å²) >= 11 is 0. The van der Waals surface area contributed by atoms with Gasteiger partial charge in [-0.05, 0) is 18.6 Å². The summed E-state index contributed by atoms with van der Waals surface area (Å²) in [6, 6.07) is 3.50. The average molecular weight is 219 g/mol. The van der Waals surface area contributed by atoms with Crippen LogP contribution < -0.4 is 0 Å². The minimum atomic E-state index is -0.994. The monoisotopic (exact) mass is 219 g/mol. The Hall–Kier alpha value is -2.04. The number of carboxylic acid groups (broad SMARTS) is 1. The maximum absolute atomic E-state index is 10.9. The molecule has 5 heteroatoms. The molecule has 16 heavy (non-hydrogen) atoms. The van der Waals surface area contributed by atoms with Gasteiger partial charge in [0.1, 0.15) is 0 Å². The van der Waals surface area contributed by atoms with Crippen molar-refractivity contribution in [3.8, 4) is 11.3 Å². The van der Waals surface area contributed by atoms with Gasteiger partial charge in [-0.1, -0.05) is 6.92 Å². The predicted octanol–water partition coefficient (Wildman–Crippen LogP) is 1.99. The van der Waals surface area contributed by atoms with Crippen molar-refractivity contribution in [1.82, 2.24) is 14.8 Å². The zero-order valence-electron chi connectivity index (χ0n) is 8.97. The Morgan fingerprint density at radius 1 is 1.62 bits per heavy atom. The summed E-state index contributed by atoms with van der Waals surface area (Å²) < 4.78 is 1.73. The first kappa shape index (κ1) is 10.5. The third-order valence-corrected chi connectivity index (χ3v) is 2.33. The van der Waals surface area contributed by atoms with E-state index in [0.29, 0.717) is 6.54 Å². The number of aromatic carboxylic acids is 1. The highest BCUT2D eigenvalue weighted by atomic mass is 16.4. The number of nitrogens with zero attached hydrogens (tertiary/aromatic N) is 2. The molecule has 0 saturated heterocycles. The molecule has 0 aliphatic heterocycles. The molecule has 0 unspecified atom stereocenters. The summed E-state index contributed by atoms with van der Waals surface area (Å²) in [6.45, 7) is 2.75. The summed E-state index contributed by atoms with van der Waals surface area (Å²) in [6.07, 6.45) is 4.55. The van der Waals surface area contributed by atoms with E-state index in [1.165, 1.54) is 0 Å². The minimum Gasteiger partial charge on any atom is -0.476 e. The standard InChI is InChI=1S/C11H13N3O2/c1-2-5-14-10(8-3-4-12-7-8)6-9(13-14)11(15)16/h3-4,6-7,12H,2,5H2,1H3,(H,15,16). The molecule has 2 heterocycles. The Morgan fingerprint density at radius 3 is 3.00 bits per heavy atom. The van der Waals surface area contributed by atoms with Crippen LogP contribution in [0.3, 0.4) is 0 Å². The summed E-state index contributed by atoms with van der Waals surface area (Å²) in [4.78, 5) is 13.8. The van der Waals surface area contributed by atoms with Gasteiger partial charge in [0, 0.05) is 24.5 Å². The quantitative estimate of drug-likeness (QED) is 0.826. The van der Waals surface area contributed by atoms with Gasteiger partial charge in [-0.3, -0.25) is 4.68 Å². The van der Waals surface area contributed by atoms with Crippen molar-refractivity contribution in [2.75, 3.05) is 0 Å². The highest BCUT2D eigenvalue weighted by Gasteiger charge is 2.14. The molecule has 0 aliphatic carbocycles. The Kier molecular flexibility index (Phi) is 2.76. The molecule has 0 fully saturated rings. The lowest BCUT2D eigenvalue weighted by Gasteiger charge is -2.02. The van der Waals surface area contributed by atoms with Gasteiger partial charge in [0.25, 0.3) is 0 Å². The molecule has 0 bridgehead atoms. The smallest absolute Gasteiger partial charge is 0.356 e. The Labute approximate surface area is 92.7 Å². The average Bonchev–Trinajstić information content (AvgIpc) is 2.84. The second-order valence-corrected chi connectivity index (χ2v) is 3.54. The van der Waals surface area contributed by atoms with Crippen LogP contribution in [0.1, 0.15) is 23.8 Å².